The van der Waals surface area contributed by atoms with Crippen LogP contribution in [0.5, 0.6) is 5.88 Å². The Bertz CT molecular complexity index is 1250. The van der Waals surface area contributed by atoms with Gasteiger partial charge in [0.25, 0.3) is 5.91 Å². The first-order valence-electron chi connectivity index (χ1n) is 10.4. The van der Waals surface area contributed by atoms with Crippen molar-refractivity contribution < 1.29 is 14.7 Å². The highest BCUT2D eigenvalue weighted by molar-refractivity contribution is 7.73. The fourth-order valence-electron chi connectivity index (χ4n) is 6.52. The molecule has 8 heteroatoms. The molecule has 2 N–H and O–H groups in total. The summed E-state index contributed by atoms with van der Waals surface area (Å²) >= 11 is 6.57. The van der Waals surface area contributed by atoms with Gasteiger partial charge in [0.2, 0.25) is 11.8 Å². The number of nitrogens with one attached hydrogen (secondary N) is 1. The third-order valence-corrected chi connectivity index (χ3v) is 8.74. The van der Waals surface area contributed by atoms with E-state index in [9.17, 15) is 14.7 Å². The molecule has 2 aromatic rings. The minimum atomic E-state index is -0.401. The average molecular weight is 440 g/mol. The van der Waals surface area contributed by atoms with E-state index >= 15 is 0 Å². The van der Waals surface area contributed by atoms with E-state index < -0.39 is 5.91 Å². The van der Waals surface area contributed by atoms with Gasteiger partial charge in [0.05, 0.1) is 16.3 Å². The molecule has 1 aromatic carbocycles. The van der Waals surface area contributed by atoms with Crippen LogP contribution in [0, 0.1) is 27.1 Å². The molecule has 0 saturated heterocycles. The van der Waals surface area contributed by atoms with Crippen molar-refractivity contribution in [3.63, 3.8) is 0 Å². The van der Waals surface area contributed by atoms with Gasteiger partial charge in [-0.15, -0.1) is 0 Å². The van der Waals surface area contributed by atoms with Gasteiger partial charge in [-0.3, -0.25) is 15.0 Å². The standard InChI is InChI=1S/C22H21N3O3S2/c26-18-16(14-3-1-2-4-15(14)23-18)17-19(27)25(21(29)30-17)24-20(28)22-8-11-5-12(9-22)7-13(6-11)10-22/h1-4,11-13,27H,5-10H2,(H,24,28). The summed E-state index contributed by atoms with van der Waals surface area (Å²) in [7, 11) is 0. The number of benzene rings is 1. The minimum Gasteiger partial charge on any atom is -0.492 e. The Morgan fingerprint density at radius 1 is 1.17 bits per heavy atom. The Kier molecular flexibility index (Phi) is 3.90. The zero-order chi connectivity index (χ0) is 20.6. The third-order valence-electron chi connectivity index (χ3n) is 7.36. The first-order valence-corrected chi connectivity index (χ1v) is 11.6. The summed E-state index contributed by atoms with van der Waals surface area (Å²) in [5.74, 6) is 1.29. The maximum atomic E-state index is 13.4. The zero-order valence-electron chi connectivity index (χ0n) is 16.3. The molecule has 4 fully saturated rings. The lowest BCUT2D eigenvalue weighted by atomic mass is 9.49. The van der Waals surface area contributed by atoms with Gasteiger partial charge in [-0.2, -0.15) is 4.68 Å². The highest BCUT2D eigenvalue weighted by Gasteiger charge is 2.54. The summed E-state index contributed by atoms with van der Waals surface area (Å²) in [6.07, 6.45) is 6.55. The summed E-state index contributed by atoms with van der Waals surface area (Å²) in [6.45, 7) is 0. The normalized spacial score (nSPS) is 31.0. The average Bonchev–Trinajstić information content (AvgIpc) is 3.16. The SMILES string of the molecule is O=C1N=c2ccccc2=C1c1sc(=S)n(NC(=O)C23CC4CC(CC(C4)C2)C3)c1O. The van der Waals surface area contributed by atoms with E-state index in [2.05, 4.69) is 10.4 Å². The van der Waals surface area contributed by atoms with Crippen molar-refractivity contribution in [1.82, 2.24) is 4.68 Å². The molecular weight excluding hydrogens is 418 g/mol. The van der Waals surface area contributed by atoms with Gasteiger partial charge in [0.1, 0.15) is 4.88 Å². The number of thiazole rings is 1. The molecule has 1 aliphatic heterocycles. The summed E-state index contributed by atoms with van der Waals surface area (Å²) in [5, 5.41) is 12.2. The van der Waals surface area contributed by atoms with E-state index in [1.54, 1.807) is 12.1 Å². The molecule has 4 bridgehead atoms. The number of fused-ring (bicyclic) bond motifs is 1. The smallest absolute Gasteiger partial charge is 0.279 e. The van der Waals surface area contributed by atoms with E-state index in [-0.39, 0.29) is 17.2 Å². The van der Waals surface area contributed by atoms with Gasteiger partial charge >= 0.3 is 0 Å². The summed E-state index contributed by atoms with van der Waals surface area (Å²) < 4.78 is 1.59. The maximum absolute atomic E-state index is 13.4. The van der Waals surface area contributed by atoms with Crippen molar-refractivity contribution in [3.8, 4) is 5.88 Å². The number of nitrogens with zero attached hydrogens (tertiary/aromatic N) is 2. The van der Waals surface area contributed by atoms with Crippen molar-refractivity contribution in [2.24, 2.45) is 28.2 Å². The summed E-state index contributed by atoms with van der Waals surface area (Å²) in [5.41, 5.74) is 2.88. The summed E-state index contributed by atoms with van der Waals surface area (Å²) in [4.78, 5) is 30.3. The molecule has 30 heavy (non-hydrogen) atoms. The number of aromatic hydroxyl groups is 1. The predicted octanol–water partition coefficient (Wildman–Crippen LogP) is 2.63. The van der Waals surface area contributed by atoms with Gasteiger partial charge in [-0.1, -0.05) is 29.5 Å². The number of carbonyl (C=O) groups is 2. The van der Waals surface area contributed by atoms with Gasteiger partial charge in [0.15, 0.2) is 3.95 Å². The summed E-state index contributed by atoms with van der Waals surface area (Å²) in [6, 6.07) is 7.22. The quantitative estimate of drug-likeness (QED) is 0.721. The lowest BCUT2D eigenvalue weighted by Gasteiger charge is -2.55. The van der Waals surface area contributed by atoms with E-state index in [1.807, 2.05) is 12.1 Å². The molecule has 0 atom stereocenters. The van der Waals surface area contributed by atoms with E-state index in [1.165, 1.54) is 23.9 Å². The molecular formula is C22H21N3O3S2. The Labute approximate surface area is 181 Å². The minimum absolute atomic E-state index is 0.0508. The number of hydrogen-bond acceptors (Lipinski definition) is 5. The van der Waals surface area contributed by atoms with Crippen LogP contribution in [0.3, 0.4) is 0 Å². The van der Waals surface area contributed by atoms with Crippen LogP contribution in [0.25, 0.3) is 5.57 Å². The zero-order valence-corrected chi connectivity index (χ0v) is 17.9. The van der Waals surface area contributed by atoms with Gasteiger partial charge < -0.3 is 5.11 Å². The second kappa shape index (κ2) is 6.34. The molecule has 2 amide bonds. The lowest BCUT2D eigenvalue weighted by Crippen LogP contribution is -2.52. The second-order valence-corrected chi connectivity index (χ2v) is 10.9. The van der Waals surface area contributed by atoms with Crippen LogP contribution >= 0.6 is 23.6 Å². The first kappa shape index (κ1) is 18.4. The first-order chi connectivity index (χ1) is 14.4. The fourth-order valence-corrected chi connectivity index (χ4v) is 7.78. The van der Waals surface area contributed by atoms with Crippen LogP contribution in [0.15, 0.2) is 29.3 Å². The van der Waals surface area contributed by atoms with Crippen LogP contribution < -0.4 is 16.0 Å². The van der Waals surface area contributed by atoms with Crippen LogP contribution in [0.4, 0.5) is 0 Å². The topological polar surface area (TPSA) is 83.7 Å². The number of hydrogen-bond donors (Lipinski definition) is 2. The molecule has 0 radical (unpaired) electrons. The Hall–Kier alpha value is -2.32. The number of rotatable bonds is 3. The van der Waals surface area contributed by atoms with E-state index in [4.69, 9.17) is 12.2 Å². The molecule has 0 unspecified atom stereocenters. The van der Waals surface area contributed by atoms with Crippen LogP contribution in [-0.2, 0) is 9.59 Å². The fraction of sp³-hybridized carbons (Fsp3) is 0.455. The highest BCUT2D eigenvalue weighted by atomic mass is 32.1. The van der Waals surface area contributed by atoms with Crippen LogP contribution in [-0.4, -0.2) is 21.6 Å². The van der Waals surface area contributed by atoms with Crippen molar-refractivity contribution >= 4 is 40.9 Å². The molecule has 4 aliphatic carbocycles. The third kappa shape index (κ3) is 2.59. The Morgan fingerprint density at radius 2 is 1.80 bits per heavy atom. The van der Waals surface area contributed by atoms with Crippen molar-refractivity contribution in [1.29, 1.82) is 0 Å². The van der Waals surface area contributed by atoms with Gasteiger partial charge in [0, 0.05) is 5.22 Å². The van der Waals surface area contributed by atoms with Gasteiger partial charge in [-0.25, -0.2) is 4.99 Å². The highest BCUT2D eigenvalue weighted by Crippen LogP contribution is 2.60. The molecule has 154 valence electrons. The molecule has 2 heterocycles. The number of para-hydroxylation sites is 1. The lowest BCUT2D eigenvalue weighted by molar-refractivity contribution is -0.141. The molecule has 4 saturated carbocycles. The molecule has 7 rings (SSSR count). The van der Waals surface area contributed by atoms with Gasteiger partial charge in [-0.05, 0) is 74.6 Å². The monoisotopic (exact) mass is 439 g/mol. The Morgan fingerprint density at radius 3 is 2.47 bits per heavy atom. The molecule has 6 nitrogen and oxygen atoms in total. The number of amides is 2. The maximum Gasteiger partial charge on any atom is 0.279 e. The Balaban J connectivity index is 1.37. The molecule has 1 aromatic heterocycles. The van der Waals surface area contributed by atoms with Crippen LogP contribution in [0.2, 0.25) is 0 Å². The molecule has 0 spiro atoms. The molecule has 5 aliphatic rings. The largest absolute Gasteiger partial charge is 0.492 e. The van der Waals surface area contributed by atoms with E-state index in [0.717, 1.165) is 30.6 Å². The second-order valence-electron chi connectivity index (χ2n) is 9.30. The van der Waals surface area contributed by atoms with Crippen molar-refractivity contribution in [2.45, 2.75) is 38.5 Å². The van der Waals surface area contributed by atoms with Crippen molar-refractivity contribution in [2.75, 3.05) is 5.43 Å². The van der Waals surface area contributed by atoms with Crippen LogP contribution in [0.1, 0.15) is 43.4 Å². The van der Waals surface area contributed by atoms with Crippen molar-refractivity contribution in [3.05, 3.63) is 43.7 Å². The van der Waals surface area contributed by atoms with E-state index in [0.29, 0.717) is 42.7 Å². The predicted molar refractivity (Wildman–Crippen MR) is 115 cm³/mol. The number of aromatic nitrogens is 1. The number of carbonyl (C=O) groups excluding carboxylic acids is 2.